The summed E-state index contributed by atoms with van der Waals surface area (Å²) < 4.78 is 6.37. The smallest absolute Gasteiger partial charge is 0.339 e. The van der Waals surface area contributed by atoms with Crippen LogP contribution in [0.1, 0.15) is 39.2 Å². The van der Waals surface area contributed by atoms with Crippen LogP contribution in [0.15, 0.2) is 25.7 Å². The van der Waals surface area contributed by atoms with Crippen molar-refractivity contribution in [3.05, 3.63) is 43.9 Å². The number of thiophene rings is 1. The number of carboxylic acids is 1. The standard InChI is InChI=1S/C14H14BrNO4S/c1-3-10-9(14(18)19)5-11(20-10)13(17)16(2)6-8-4-12(15)21-7-8/h4-5,7H,3,6H2,1-2H3,(H,18,19). The van der Waals surface area contributed by atoms with Gasteiger partial charge in [0.25, 0.3) is 5.91 Å². The quantitative estimate of drug-likeness (QED) is 0.870. The first-order valence-electron chi connectivity index (χ1n) is 6.26. The lowest BCUT2D eigenvalue weighted by atomic mass is 10.2. The van der Waals surface area contributed by atoms with Crippen LogP contribution in [-0.4, -0.2) is 28.9 Å². The third-order valence-corrected chi connectivity index (χ3v) is 4.51. The van der Waals surface area contributed by atoms with Crippen LogP contribution >= 0.6 is 27.3 Å². The van der Waals surface area contributed by atoms with Gasteiger partial charge in [0.1, 0.15) is 11.3 Å². The van der Waals surface area contributed by atoms with E-state index in [1.807, 2.05) is 11.4 Å². The summed E-state index contributed by atoms with van der Waals surface area (Å²) in [4.78, 5) is 24.9. The molecule has 0 aromatic carbocycles. The van der Waals surface area contributed by atoms with E-state index in [4.69, 9.17) is 9.52 Å². The van der Waals surface area contributed by atoms with E-state index in [0.717, 1.165) is 9.35 Å². The van der Waals surface area contributed by atoms with E-state index in [1.165, 1.54) is 11.0 Å². The Balaban J connectivity index is 2.17. The van der Waals surface area contributed by atoms with Crippen molar-refractivity contribution in [3.63, 3.8) is 0 Å². The molecule has 112 valence electrons. The number of carboxylic acid groups (broad SMARTS) is 1. The molecular weight excluding hydrogens is 358 g/mol. The first-order valence-corrected chi connectivity index (χ1v) is 7.94. The van der Waals surface area contributed by atoms with Gasteiger partial charge in [0.05, 0.1) is 3.79 Å². The number of rotatable bonds is 5. The van der Waals surface area contributed by atoms with Gasteiger partial charge < -0.3 is 14.4 Å². The summed E-state index contributed by atoms with van der Waals surface area (Å²) in [6.45, 7) is 2.22. The third-order valence-electron chi connectivity index (χ3n) is 2.96. The highest BCUT2D eigenvalue weighted by Crippen LogP contribution is 2.23. The topological polar surface area (TPSA) is 70.8 Å². The fraction of sp³-hybridized carbons (Fsp3) is 0.286. The molecule has 0 spiro atoms. The lowest BCUT2D eigenvalue weighted by Crippen LogP contribution is -2.25. The Bertz CT molecular complexity index is 676. The zero-order valence-electron chi connectivity index (χ0n) is 11.6. The molecule has 0 saturated heterocycles. The van der Waals surface area contributed by atoms with E-state index in [-0.39, 0.29) is 17.2 Å². The van der Waals surface area contributed by atoms with Crippen LogP contribution in [0.4, 0.5) is 0 Å². The highest BCUT2D eigenvalue weighted by molar-refractivity contribution is 9.11. The lowest BCUT2D eigenvalue weighted by molar-refractivity contribution is 0.0693. The van der Waals surface area contributed by atoms with Crippen LogP contribution in [0.25, 0.3) is 0 Å². The zero-order chi connectivity index (χ0) is 15.6. The van der Waals surface area contributed by atoms with Gasteiger partial charge in [-0.15, -0.1) is 11.3 Å². The minimum absolute atomic E-state index is 0.0486. The second kappa shape index (κ2) is 6.44. The van der Waals surface area contributed by atoms with Crippen molar-refractivity contribution in [2.75, 3.05) is 7.05 Å². The minimum atomic E-state index is -1.08. The Morgan fingerprint density at radius 1 is 1.43 bits per heavy atom. The summed E-state index contributed by atoms with van der Waals surface area (Å²) in [5, 5.41) is 11.0. The number of aryl methyl sites for hydroxylation is 1. The summed E-state index contributed by atoms with van der Waals surface area (Å²) in [6.07, 6.45) is 0.427. The number of carbonyl (C=O) groups excluding carboxylic acids is 1. The average molecular weight is 372 g/mol. The summed E-state index contributed by atoms with van der Waals surface area (Å²) >= 11 is 4.92. The molecule has 1 amide bonds. The number of carbonyl (C=O) groups is 2. The van der Waals surface area contributed by atoms with Crippen LogP contribution in [-0.2, 0) is 13.0 Å². The molecule has 0 atom stereocenters. The molecule has 5 nitrogen and oxygen atoms in total. The molecule has 2 aromatic heterocycles. The van der Waals surface area contributed by atoms with Crippen LogP contribution < -0.4 is 0 Å². The van der Waals surface area contributed by atoms with Crippen molar-refractivity contribution in [2.24, 2.45) is 0 Å². The maximum atomic E-state index is 12.3. The van der Waals surface area contributed by atoms with Crippen molar-refractivity contribution >= 4 is 39.1 Å². The highest BCUT2D eigenvalue weighted by atomic mass is 79.9. The fourth-order valence-corrected chi connectivity index (χ4v) is 3.14. The monoisotopic (exact) mass is 371 g/mol. The predicted molar refractivity (Wildman–Crippen MR) is 82.9 cm³/mol. The molecule has 7 heteroatoms. The number of furan rings is 1. The number of aromatic carboxylic acids is 1. The van der Waals surface area contributed by atoms with Crippen molar-refractivity contribution in [2.45, 2.75) is 19.9 Å². The maximum Gasteiger partial charge on any atom is 0.339 e. The van der Waals surface area contributed by atoms with E-state index < -0.39 is 5.97 Å². The average Bonchev–Trinajstić information content (AvgIpc) is 3.04. The van der Waals surface area contributed by atoms with Crippen LogP contribution in [0, 0.1) is 0 Å². The molecular formula is C14H14BrNO4S. The fourth-order valence-electron chi connectivity index (χ4n) is 1.94. The van der Waals surface area contributed by atoms with Gasteiger partial charge in [-0.05, 0) is 32.9 Å². The molecule has 21 heavy (non-hydrogen) atoms. The maximum absolute atomic E-state index is 12.3. The van der Waals surface area contributed by atoms with E-state index in [2.05, 4.69) is 15.9 Å². The third kappa shape index (κ3) is 3.54. The summed E-state index contributed by atoms with van der Waals surface area (Å²) in [5.74, 6) is -1.04. The molecule has 0 saturated carbocycles. The number of nitrogens with zero attached hydrogens (tertiary/aromatic N) is 1. The van der Waals surface area contributed by atoms with E-state index >= 15 is 0 Å². The highest BCUT2D eigenvalue weighted by Gasteiger charge is 2.22. The Hall–Kier alpha value is -1.60. The largest absolute Gasteiger partial charge is 0.478 e. The predicted octanol–water partition coefficient (Wildman–Crippen LogP) is 3.64. The van der Waals surface area contributed by atoms with Gasteiger partial charge in [-0.3, -0.25) is 4.79 Å². The second-order valence-electron chi connectivity index (χ2n) is 4.53. The molecule has 2 rings (SSSR count). The Labute approximate surface area is 134 Å². The van der Waals surface area contributed by atoms with Gasteiger partial charge in [-0.1, -0.05) is 6.92 Å². The molecule has 2 heterocycles. The molecule has 0 radical (unpaired) electrons. The summed E-state index contributed by atoms with van der Waals surface area (Å²) in [7, 11) is 1.66. The zero-order valence-corrected chi connectivity index (χ0v) is 14.0. The molecule has 0 aliphatic rings. The molecule has 2 aromatic rings. The van der Waals surface area contributed by atoms with Crippen molar-refractivity contribution < 1.29 is 19.1 Å². The van der Waals surface area contributed by atoms with Gasteiger partial charge >= 0.3 is 5.97 Å². The number of hydrogen-bond donors (Lipinski definition) is 1. The Morgan fingerprint density at radius 3 is 2.62 bits per heavy atom. The molecule has 0 aliphatic carbocycles. The Morgan fingerprint density at radius 2 is 2.14 bits per heavy atom. The van der Waals surface area contributed by atoms with Crippen LogP contribution in [0.3, 0.4) is 0 Å². The van der Waals surface area contributed by atoms with Gasteiger partial charge in [0.15, 0.2) is 5.76 Å². The normalized spacial score (nSPS) is 10.6. The lowest BCUT2D eigenvalue weighted by Gasteiger charge is -2.14. The molecule has 0 bridgehead atoms. The van der Waals surface area contributed by atoms with Gasteiger partial charge in [0.2, 0.25) is 0 Å². The number of halogens is 1. The van der Waals surface area contributed by atoms with E-state index in [0.29, 0.717) is 18.7 Å². The van der Waals surface area contributed by atoms with Gasteiger partial charge in [-0.2, -0.15) is 0 Å². The summed E-state index contributed by atoms with van der Waals surface area (Å²) in [6, 6.07) is 3.24. The minimum Gasteiger partial charge on any atom is -0.478 e. The van der Waals surface area contributed by atoms with Crippen molar-refractivity contribution in [1.29, 1.82) is 0 Å². The van der Waals surface area contributed by atoms with Gasteiger partial charge in [0, 0.05) is 26.1 Å². The van der Waals surface area contributed by atoms with Gasteiger partial charge in [-0.25, -0.2) is 4.79 Å². The van der Waals surface area contributed by atoms with Crippen LogP contribution in [0.2, 0.25) is 0 Å². The van der Waals surface area contributed by atoms with E-state index in [9.17, 15) is 9.59 Å². The second-order valence-corrected chi connectivity index (χ2v) is 6.82. The van der Waals surface area contributed by atoms with Crippen molar-refractivity contribution in [3.8, 4) is 0 Å². The molecule has 0 fully saturated rings. The molecule has 0 aliphatic heterocycles. The number of hydrogen-bond acceptors (Lipinski definition) is 4. The van der Waals surface area contributed by atoms with Crippen molar-refractivity contribution in [1.82, 2.24) is 4.90 Å². The van der Waals surface area contributed by atoms with E-state index in [1.54, 1.807) is 25.3 Å². The molecule has 0 unspecified atom stereocenters. The first-order chi connectivity index (χ1) is 9.92. The molecule has 1 N–H and O–H groups in total. The SMILES string of the molecule is CCc1oc(C(=O)N(C)Cc2csc(Br)c2)cc1C(=O)O. The first kappa shape index (κ1) is 15.8. The number of amides is 1. The summed E-state index contributed by atoms with van der Waals surface area (Å²) in [5.41, 5.74) is 1.05. The Kier molecular flexibility index (Phi) is 4.84. The van der Waals surface area contributed by atoms with Crippen LogP contribution in [0.5, 0.6) is 0 Å².